The van der Waals surface area contributed by atoms with E-state index < -0.39 is 9.05 Å². The second kappa shape index (κ2) is 7.78. The lowest BCUT2D eigenvalue weighted by Gasteiger charge is -2.17. The summed E-state index contributed by atoms with van der Waals surface area (Å²) in [5, 5.41) is 0.102. The standard InChI is InChI=1S/C12H14BrCl2NO4S/c1-16(4-3-5-20-2)12(17)8-6-9(14)11(13)10(7-8)21(15,18)19/h6-7H,3-5H2,1-2H3. The second-order valence-electron chi connectivity index (χ2n) is 4.28. The van der Waals surface area contributed by atoms with Crippen molar-refractivity contribution >= 4 is 53.2 Å². The summed E-state index contributed by atoms with van der Waals surface area (Å²) in [6, 6.07) is 2.60. The average molecular weight is 419 g/mol. The second-order valence-corrected chi connectivity index (χ2v) is 8.02. The molecular weight excluding hydrogens is 405 g/mol. The van der Waals surface area contributed by atoms with Crippen LogP contribution in [-0.2, 0) is 13.8 Å². The molecule has 0 aliphatic rings. The first-order chi connectivity index (χ1) is 9.68. The lowest BCUT2D eigenvalue weighted by atomic mass is 10.2. The molecule has 118 valence electrons. The minimum absolute atomic E-state index is 0.102. The van der Waals surface area contributed by atoms with Gasteiger partial charge in [-0.25, -0.2) is 8.42 Å². The third-order valence-corrected chi connectivity index (χ3v) is 5.68. The highest BCUT2D eigenvalue weighted by Crippen LogP contribution is 2.33. The number of nitrogens with zero attached hydrogens (tertiary/aromatic N) is 1. The predicted octanol–water partition coefficient (Wildman–Crippen LogP) is 3.14. The van der Waals surface area contributed by atoms with Crippen molar-refractivity contribution in [1.82, 2.24) is 4.90 Å². The summed E-state index contributed by atoms with van der Waals surface area (Å²) in [4.78, 5) is 13.5. The molecule has 0 fully saturated rings. The fourth-order valence-electron chi connectivity index (χ4n) is 1.63. The van der Waals surface area contributed by atoms with Crippen molar-refractivity contribution < 1.29 is 17.9 Å². The van der Waals surface area contributed by atoms with E-state index in [1.165, 1.54) is 17.0 Å². The Labute approximate surface area is 141 Å². The van der Waals surface area contributed by atoms with E-state index in [2.05, 4.69) is 15.9 Å². The van der Waals surface area contributed by atoms with Crippen molar-refractivity contribution in [1.29, 1.82) is 0 Å². The van der Waals surface area contributed by atoms with Crippen molar-refractivity contribution in [3.8, 4) is 0 Å². The topological polar surface area (TPSA) is 63.7 Å². The van der Waals surface area contributed by atoms with Gasteiger partial charge < -0.3 is 9.64 Å². The highest BCUT2D eigenvalue weighted by molar-refractivity contribution is 9.10. The minimum atomic E-state index is -4.01. The number of amides is 1. The van der Waals surface area contributed by atoms with Crippen molar-refractivity contribution in [2.24, 2.45) is 0 Å². The molecule has 0 saturated heterocycles. The maximum Gasteiger partial charge on any atom is 0.262 e. The lowest BCUT2D eigenvalue weighted by Crippen LogP contribution is -2.28. The van der Waals surface area contributed by atoms with Crippen LogP contribution in [0.3, 0.4) is 0 Å². The average Bonchev–Trinajstić information content (AvgIpc) is 2.39. The Morgan fingerprint density at radius 2 is 2.05 bits per heavy atom. The smallest absolute Gasteiger partial charge is 0.262 e. The highest BCUT2D eigenvalue weighted by Gasteiger charge is 2.21. The molecule has 0 N–H and O–H groups in total. The number of benzene rings is 1. The summed E-state index contributed by atoms with van der Waals surface area (Å²) in [7, 11) is 4.52. The number of carbonyl (C=O) groups is 1. The normalized spacial score (nSPS) is 11.5. The number of methoxy groups -OCH3 is 1. The van der Waals surface area contributed by atoms with Crippen molar-refractivity contribution in [3.05, 3.63) is 27.2 Å². The fraction of sp³-hybridized carbons (Fsp3) is 0.417. The third-order valence-electron chi connectivity index (χ3n) is 2.69. The maximum atomic E-state index is 12.3. The van der Waals surface area contributed by atoms with E-state index in [-0.39, 0.29) is 25.9 Å². The van der Waals surface area contributed by atoms with Crippen molar-refractivity contribution in [2.45, 2.75) is 11.3 Å². The van der Waals surface area contributed by atoms with Crippen LogP contribution in [0.2, 0.25) is 5.02 Å². The first-order valence-electron chi connectivity index (χ1n) is 5.86. The van der Waals surface area contributed by atoms with Crippen LogP contribution in [0.5, 0.6) is 0 Å². The van der Waals surface area contributed by atoms with Crippen molar-refractivity contribution in [3.63, 3.8) is 0 Å². The van der Waals surface area contributed by atoms with Gasteiger partial charge >= 0.3 is 0 Å². The molecule has 1 rings (SSSR count). The van der Waals surface area contributed by atoms with Crippen LogP contribution in [-0.4, -0.2) is 46.5 Å². The van der Waals surface area contributed by atoms with Crippen LogP contribution < -0.4 is 0 Å². The molecule has 5 nitrogen and oxygen atoms in total. The summed E-state index contributed by atoms with van der Waals surface area (Å²) in [5.41, 5.74) is 0.155. The molecule has 0 saturated carbocycles. The summed E-state index contributed by atoms with van der Waals surface area (Å²) in [6.07, 6.45) is 0.670. The summed E-state index contributed by atoms with van der Waals surface area (Å²) in [5.74, 6) is -0.345. The quantitative estimate of drug-likeness (QED) is 0.525. The van der Waals surface area contributed by atoms with Gasteiger partial charge in [-0.2, -0.15) is 0 Å². The SMILES string of the molecule is COCCCN(C)C(=O)c1cc(Cl)c(Br)c(S(=O)(=O)Cl)c1. The molecule has 0 radical (unpaired) electrons. The van der Waals surface area contributed by atoms with Gasteiger partial charge in [0, 0.05) is 43.6 Å². The molecule has 0 aliphatic carbocycles. The number of halogens is 3. The summed E-state index contributed by atoms with van der Waals surface area (Å²) >= 11 is 8.99. The maximum absolute atomic E-state index is 12.3. The fourth-order valence-corrected chi connectivity index (χ4v) is 4.01. The van der Waals surface area contributed by atoms with E-state index in [0.717, 1.165) is 0 Å². The number of hydrogen-bond acceptors (Lipinski definition) is 4. The Morgan fingerprint density at radius 1 is 1.43 bits per heavy atom. The first kappa shape index (κ1) is 18.7. The molecule has 1 aromatic rings. The lowest BCUT2D eigenvalue weighted by molar-refractivity contribution is 0.0779. The molecule has 0 bridgehead atoms. The van der Waals surface area contributed by atoms with Crippen LogP contribution in [0.4, 0.5) is 0 Å². The van der Waals surface area contributed by atoms with E-state index in [4.69, 9.17) is 27.0 Å². The zero-order chi connectivity index (χ0) is 16.2. The van der Waals surface area contributed by atoms with E-state index in [1.807, 2.05) is 0 Å². The highest BCUT2D eigenvalue weighted by atomic mass is 79.9. The zero-order valence-electron chi connectivity index (χ0n) is 11.4. The molecule has 9 heteroatoms. The monoisotopic (exact) mass is 417 g/mol. The van der Waals surface area contributed by atoms with Crippen LogP contribution >= 0.6 is 38.2 Å². The Balaban J connectivity index is 3.09. The molecule has 1 amide bonds. The van der Waals surface area contributed by atoms with Gasteiger partial charge in [-0.15, -0.1) is 0 Å². The Kier molecular flexibility index (Phi) is 6.93. The Hall–Kier alpha value is -0.340. The molecule has 0 aliphatic heterocycles. The van der Waals surface area contributed by atoms with Crippen LogP contribution in [0.15, 0.2) is 21.5 Å². The van der Waals surface area contributed by atoms with E-state index in [0.29, 0.717) is 19.6 Å². The molecule has 21 heavy (non-hydrogen) atoms. The largest absolute Gasteiger partial charge is 0.385 e. The van der Waals surface area contributed by atoms with Crippen LogP contribution in [0.25, 0.3) is 0 Å². The van der Waals surface area contributed by atoms with E-state index >= 15 is 0 Å². The van der Waals surface area contributed by atoms with Gasteiger partial charge in [0.15, 0.2) is 0 Å². The molecule has 0 spiro atoms. The number of hydrogen-bond donors (Lipinski definition) is 0. The van der Waals surface area contributed by atoms with E-state index in [9.17, 15) is 13.2 Å². The van der Waals surface area contributed by atoms with Gasteiger partial charge in [-0.1, -0.05) is 11.6 Å². The molecule has 0 aromatic heterocycles. The van der Waals surface area contributed by atoms with Crippen LogP contribution in [0.1, 0.15) is 16.8 Å². The van der Waals surface area contributed by atoms with Gasteiger partial charge in [-0.05, 0) is 34.5 Å². The number of rotatable bonds is 6. The molecule has 0 heterocycles. The number of ether oxygens (including phenoxy) is 1. The molecule has 0 unspecified atom stereocenters. The Morgan fingerprint density at radius 3 is 2.57 bits per heavy atom. The van der Waals surface area contributed by atoms with Crippen LogP contribution in [0, 0.1) is 0 Å². The van der Waals surface area contributed by atoms with Gasteiger partial charge in [0.25, 0.3) is 15.0 Å². The molecule has 1 aromatic carbocycles. The summed E-state index contributed by atoms with van der Waals surface area (Å²) in [6.45, 7) is 1.00. The minimum Gasteiger partial charge on any atom is -0.385 e. The predicted molar refractivity (Wildman–Crippen MR) is 85.6 cm³/mol. The summed E-state index contributed by atoms with van der Waals surface area (Å²) < 4.78 is 28.0. The van der Waals surface area contributed by atoms with Gasteiger partial charge in [0.1, 0.15) is 0 Å². The molecule has 0 atom stereocenters. The number of carbonyl (C=O) groups excluding carboxylic acids is 1. The zero-order valence-corrected chi connectivity index (χ0v) is 15.3. The third kappa shape index (κ3) is 5.10. The van der Waals surface area contributed by atoms with Gasteiger partial charge in [0.2, 0.25) is 0 Å². The van der Waals surface area contributed by atoms with Gasteiger partial charge in [-0.3, -0.25) is 4.79 Å². The first-order valence-corrected chi connectivity index (χ1v) is 9.34. The van der Waals surface area contributed by atoms with E-state index in [1.54, 1.807) is 14.2 Å². The molecular formula is C12H14BrCl2NO4S. The van der Waals surface area contributed by atoms with Gasteiger partial charge in [0.05, 0.1) is 14.4 Å². The van der Waals surface area contributed by atoms with Crippen molar-refractivity contribution in [2.75, 3.05) is 27.3 Å². The Bertz CT molecular complexity index is 636.